The highest BCUT2D eigenvalue weighted by atomic mass is 16.5. The van der Waals surface area contributed by atoms with Gasteiger partial charge < -0.3 is 9.47 Å². The van der Waals surface area contributed by atoms with Crippen molar-refractivity contribution in [1.29, 1.82) is 0 Å². The van der Waals surface area contributed by atoms with E-state index >= 15 is 0 Å². The van der Waals surface area contributed by atoms with E-state index in [0.717, 1.165) is 0 Å². The Labute approximate surface area is 129 Å². The molecule has 22 heavy (non-hydrogen) atoms. The Morgan fingerprint density at radius 2 is 1.77 bits per heavy atom. The Kier molecular flexibility index (Phi) is 6.10. The van der Waals surface area contributed by atoms with Crippen LogP contribution in [0, 0.1) is 5.41 Å². The number of ether oxygens (including phenoxy) is 2. The molecular formula is C16H21NO5. The van der Waals surface area contributed by atoms with Crippen LogP contribution in [0.3, 0.4) is 0 Å². The third-order valence-electron chi connectivity index (χ3n) is 2.64. The molecule has 6 nitrogen and oxygen atoms in total. The van der Waals surface area contributed by atoms with E-state index in [1.54, 1.807) is 18.2 Å². The summed E-state index contributed by atoms with van der Waals surface area (Å²) in [5.74, 6) is -1.41. The number of rotatable bonds is 5. The maximum atomic E-state index is 12.0. The van der Waals surface area contributed by atoms with Gasteiger partial charge in [-0.25, -0.2) is 0 Å². The number of benzene rings is 1. The molecule has 0 unspecified atom stereocenters. The number of carbonyl (C=O) groups excluding carboxylic acids is 3. The first-order chi connectivity index (χ1) is 10.2. The molecule has 2 amide bonds. The molecule has 6 heteroatoms. The molecule has 0 saturated heterocycles. The average molecular weight is 307 g/mol. The Hall–Kier alpha value is -2.37. The van der Waals surface area contributed by atoms with Crippen molar-refractivity contribution in [3.05, 3.63) is 29.8 Å². The lowest BCUT2D eigenvalue weighted by molar-refractivity contribution is -0.150. The van der Waals surface area contributed by atoms with Crippen LogP contribution in [0.15, 0.2) is 24.3 Å². The molecule has 0 aromatic heterocycles. The summed E-state index contributed by atoms with van der Waals surface area (Å²) in [6.45, 7) is 5.18. The number of amides is 2. The molecule has 0 aliphatic rings. The molecule has 1 rings (SSSR count). The van der Waals surface area contributed by atoms with E-state index in [1.165, 1.54) is 13.2 Å². The standard InChI is InChI=1S/C16H21NO5/c1-16(2,3)9-14(19)22-10-13(18)17-15(20)11-7-5-6-8-12(11)21-4/h5-8H,9-10H2,1-4H3,(H,17,18,20). The fraction of sp³-hybridized carbons (Fsp3) is 0.438. The highest BCUT2D eigenvalue weighted by Gasteiger charge is 2.19. The van der Waals surface area contributed by atoms with Crippen molar-refractivity contribution in [2.75, 3.05) is 13.7 Å². The first-order valence-corrected chi connectivity index (χ1v) is 6.86. The van der Waals surface area contributed by atoms with Gasteiger partial charge in [0.1, 0.15) is 5.75 Å². The Morgan fingerprint density at radius 3 is 2.36 bits per heavy atom. The van der Waals surface area contributed by atoms with E-state index in [1.807, 2.05) is 20.8 Å². The molecular weight excluding hydrogens is 286 g/mol. The monoisotopic (exact) mass is 307 g/mol. The summed E-state index contributed by atoms with van der Waals surface area (Å²) < 4.78 is 9.88. The predicted molar refractivity (Wildman–Crippen MR) is 80.5 cm³/mol. The zero-order chi connectivity index (χ0) is 16.8. The van der Waals surface area contributed by atoms with Crippen molar-refractivity contribution in [2.24, 2.45) is 5.41 Å². The van der Waals surface area contributed by atoms with E-state index in [4.69, 9.17) is 9.47 Å². The van der Waals surface area contributed by atoms with Crippen molar-refractivity contribution in [3.8, 4) is 5.75 Å². The normalized spacial score (nSPS) is 10.7. The fourth-order valence-corrected chi connectivity index (χ4v) is 1.69. The molecule has 1 aromatic rings. The number of hydrogen-bond donors (Lipinski definition) is 1. The minimum Gasteiger partial charge on any atom is -0.496 e. The number of hydrogen-bond acceptors (Lipinski definition) is 5. The van der Waals surface area contributed by atoms with Crippen LogP contribution in [0.4, 0.5) is 0 Å². The van der Waals surface area contributed by atoms with Gasteiger partial charge in [-0.2, -0.15) is 0 Å². The summed E-state index contributed by atoms with van der Waals surface area (Å²) in [5.41, 5.74) is 0.0141. The minimum absolute atomic E-state index is 0.195. The lowest BCUT2D eigenvalue weighted by Crippen LogP contribution is -2.34. The quantitative estimate of drug-likeness (QED) is 0.841. The lowest BCUT2D eigenvalue weighted by atomic mass is 9.92. The van der Waals surface area contributed by atoms with Gasteiger partial charge in [-0.1, -0.05) is 32.9 Å². The Bertz CT molecular complexity index is 560. The summed E-state index contributed by atoms with van der Waals surface area (Å²) >= 11 is 0. The van der Waals surface area contributed by atoms with Crippen LogP contribution in [0.25, 0.3) is 0 Å². The molecule has 1 aromatic carbocycles. The molecule has 0 atom stereocenters. The van der Waals surface area contributed by atoms with Gasteiger partial charge in [-0.3, -0.25) is 19.7 Å². The first kappa shape index (κ1) is 17.7. The summed E-state index contributed by atoms with van der Waals surface area (Å²) in [4.78, 5) is 35.1. The van der Waals surface area contributed by atoms with Gasteiger partial charge in [0.05, 0.1) is 19.1 Å². The van der Waals surface area contributed by atoms with Crippen LogP contribution in [0.2, 0.25) is 0 Å². The molecule has 0 aliphatic carbocycles. The average Bonchev–Trinajstić information content (AvgIpc) is 2.43. The fourth-order valence-electron chi connectivity index (χ4n) is 1.69. The third-order valence-corrected chi connectivity index (χ3v) is 2.64. The number of para-hydroxylation sites is 1. The van der Waals surface area contributed by atoms with Crippen LogP contribution >= 0.6 is 0 Å². The molecule has 0 spiro atoms. The number of esters is 1. The van der Waals surface area contributed by atoms with Crippen molar-refractivity contribution in [1.82, 2.24) is 5.32 Å². The molecule has 0 heterocycles. The largest absolute Gasteiger partial charge is 0.496 e. The summed E-state index contributed by atoms with van der Waals surface area (Å²) in [5, 5.41) is 2.15. The zero-order valence-electron chi connectivity index (χ0n) is 13.3. The Morgan fingerprint density at radius 1 is 1.14 bits per heavy atom. The summed E-state index contributed by atoms with van der Waals surface area (Å²) in [6.07, 6.45) is 0.195. The van der Waals surface area contributed by atoms with E-state index in [0.29, 0.717) is 5.75 Å². The van der Waals surface area contributed by atoms with Crippen molar-refractivity contribution >= 4 is 17.8 Å². The molecule has 0 aliphatic heterocycles. The van der Waals surface area contributed by atoms with Gasteiger partial charge in [-0.05, 0) is 17.5 Å². The van der Waals surface area contributed by atoms with Crippen LogP contribution in [-0.2, 0) is 14.3 Å². The molecule has 120 valence electrons. The number of nitrogens with one attached hydrogen (secondary N) is 1. The Balaban J connectivity index is 2.52. The molecule has 0 radical (unpaired) electrons. The second-order valence-electron chi connectivity index (χ2n) is 5.98. The highest BCUT2D eigenvalue weighted by molar-refractivity contribution is 6.06. The summed E-state index contributed by atoms with van der Waals surface area (Å²) in [7, 11) is 1.43. The van der Waals surface area contributed by atoms with Gasteiger partial charge in [0.15, 0.2) is 6.61 Å². The first-order valence-electron chi connectivity index (χ1n) is 6.86. The highest BCUT2D eigenvalue weighted by Crippen LogP contribution is 2.19. The second-order valence-corrected chi connectivity index (χ2v) is 5.98. The second kappa shape index (κ2) is 7.59. The van der Waals surface area contributed by atoms with Crippen molar-refractivity contribution in [2.45, 2.75) is 27.2 Å². The van der Waals surface area contributed by atoms with E-state index in [2.05, 4.69) is 5.32 Å². The number of imide groups is 1. The van der Waals surface area contributed by atoms with E-state index in [9.17, 15) is 14.4 Å². The SMILES string of the molecule is COc1ccccc1C(=O)NC(=O)COC(=O)CC(C)(C)C. The topological polar surface area (TPSA) is 81.7 Å². The molecule has 0 fully saturated rings. The van der Waals surface area contributed by atoms with Gasteiger partial charge in [0.2, 0.25) is 0 Å². The lowest BCUT2D eigenvalue weighted by Gasteiger charge is -2.16. The number of methoxy groups -OCH3 is 1. The minimum atomic E-state index is -0.682. The smallest absolute Gasteiger partial charge is 0.306 e. The maximum absolute atomic E-state index is 12.0. The predicted octanol–water partition coefficient (Wildman–Crippen LogP) is 1.93. The zero-order valence-corrected chi connectivity index (χ0v) is 13.3. The van der Waals surface area contributed by atoms with Crippen LogP contribution in [-0.4, -0.2) is 31.5 Å². The summed E-state index contributed by atoms with van der Waals surface area (Å²) in [6, 6.07) is 6.52. The van der Waals surface area contributed by atoms with Crippen molar-refractivity contribution in [3.63, 3.8) is 0 Å². The van der Waals surface area contributed by atoms with Gasteiger partial charge in [0.25, 0.3) is 11.8 Å². The van der Waals surface area contributed by atoms with E-state index in [-0.39, 0.29) is 17.4 Å². The molecule has 0 bridgehead atoms. The van der Waals surface area contributed by atoms with Gasteiger partial charge in [0, 0.05) is 0 Å². The van der Waals surface area contributed by atoms with Gasteiger partial charge in [-0.15, -0.1) is 0 Å². The van der Waals surface area contributed by atoms with Crippen LogP contribution in [0.5, 0.6) is 5.75 Å². The third kappa shape index (κ3) is 5.95. The molecule has 1 N–H and O–H groups in total. The molecule has 0 saturated carbocycles. The van der Waals surface area contributed by atoms with Crippen LogP contribution < -0.4 is 10.1 Å². The maximum Gasteiger partial charge on any atom is 0.306 e. The van der Waals surface area contributed by atoms with Crippen LogP contribution in [0.1, 0.15) is 37.6 Å². The van der Waals surface area contributed by atoms with Gasteiger partial charge >= 0.3 is 5.97 Å². The number of carbonyl (C=O) groups is 3. The van der Waals surface area contributed by atoms with Crippen molar-refractivity contribution < 1.29 is 23.9 Å². The van der Waals surface area contributed by atoms with E-state index < -0.39 is 24.4 Å².